The molecule has 3 heterocycles. The van der Waals surface area contributed by atoms with Crippen molar-refractivity contribution in [3.63, 3.8) is 0 Å². The lowest BCUT2D eigenvalue weighted by Crippen LogP contribution is -2.21. The number of benzene rings is 2. The standard InChI is InChI=1S/C23H18N4O3S2/c28-23-19-15-10-4-7-13-18(15)31-22(19)25-21-20(24-16-11-5-6-12-17(16)27(21)23)26-32(29,30)14-8-2-1-3-9-14/h1-3,5-6,8-9,11-12H,4,7,10,13H2,(H,24,26). The molecule has 1 N–H and O–H groups in total. The number of nitrogens with one attached hydrogen (secondary N) is 1. The van der Waals surface area contributed by atoms with E-state index in [1.54, 1.807) is 36.4 Å². The SMILES string of the molecule is O=c1c2c3c(sc2nc2c(NS(=O)(=O)c4ccccc4)nc4ccccc4n12)CCCC3. The summed E-state index contributed by atoms with van der Waals surface area (Å²) in [6.07, 6.45) is 3.98. The zero-order valence-corrected chi connectivity index (χ0v) is 18.5. The van der Waals surface area contributed by atoms with Crippen LogP contribution in [-0.4, -0.2) is 22.8 Å². The second-order valence-corrected chi connectivity index (χ2v) is 10.6. The molecular formula is C23H18N4O3S2. The van der Waals surface area contributed by atoms with Crippen molar-refractivity contribution in [2.45, 2.75) is 30.6 Å². The summed E-state index contributed by atoms with van der Waals surface area (Å²) in [6, 6.07) is 15.3. The fourth-order valence-corrected chi connectivity index (χ4v) is 6.64. The number of para-hydroxylation sites is 2. The van der Waals surface area contributed by atoms with Crippen LogP contribution < -0.4 is 10.3 Å². The monoisotopic (exact) mass is 462 g/mol. The minimum Gasteiger partial charge on any atom is -0.268 e. The third-order valence-electron chi connectivity index (χ3n) is 5.84. The number of anilines is 1. The van der Waals surface area contributed by atoms with Crippen LogP contribution in [0.25, 0.3) is 26.9 Å². The number of fused-ring (bicyclic) bond motifs is 6. The lowest BCUT2D eigenvalue weighted by atomic mass is 9.97. The molecule has 0 aliphatic heterocycles. The first-order valence-electron chi connectivity index (χ1n) is 10.4. The summed E-state index contributed by atoms with van der Waals surface area (Å²) in [4.78, 5) is 25.0. The van der Waals surface area contributed by atoms with E-state index in [9.17, 15) is 13.2 Å². The van der Waals surface area contributed by atoms with Crippen molar-refractivity contribution < 1.29 is 8.42 Å². The molecule has 0 saturated heterocycles. The molecule has 2 aromatic carbocycles. The summed E-state index contributed by atoms with van der Waals surface area (Å²) in [5.74, 6) is 0.0397. The molecule has 9 heteroatoms. The highest BCUT2D eigenvalue weighted by Gasteiger charge is 2.24. The Morgan fingerprint density at radius 3 is 2.53 bits per heavy atom. The Morgan fingerprint density at radius 1 is 0.938 bits per heavy atom. The fourth-order valence-electron chi connectivity index (χ4n) is 4.36. The summed E-state index contributed by atoms with van der Waals surface area (Å²) < 4.78 is 30.1. The molecular weight excluding hydrogens is 444 g/mol. The van der Waals surface area contributed by atoms with E-state index in [1.807, 2.05) is 6.07 Å². The van der Waals surface area contributed by atoms with Gasteiger partial charge in [-0.3, -0.25) is 13.9 Å². The zero-order valence-electron chi connectivity index (χ0n) is 16.9. The molecule has 1 aliphatic rings. The van der Waals surface area contributed by atoms with Gasteiger partial charge < -0.3 is 0 Å². The maximum atomic E-state index is 13.7. The van der Waals surface area contributed by atoms with Gasteiger partial charge in [-0.05, 0) is 55.5 Å². The summed E-state index contributed by atoms with van der Waals surface area (Å²) >= 11 is 1.53. The molecule has 0 saturated carbocycles. The van der Waals surface area contributed by atoms with Crippen LogP contribution in [0.2, 0.25) is 0 Å². The third-order valence-corrected chi connectivity index (χ3v) is 8.38. The molecule has 0 radical (unpaired) electrons. The average Bonchev–Trinajstić information content (AvgIpc) is 3.18. The minimum absolute atomic E-state index is 0.0397. The Bertz CT molecular complexity index is 1690. The minimum atomic E-state index is -3.91. The number of thiophene rings is 1. The lowest BCUT2D eigenvalue weighted by Gasteiger charge is -2.13. The van der Waals surface area contributed by atoms with Gasteiger partial charge >= 0.3 is 0 Å². The van der Waals surface area contributed by atoms with Crippen LogP contribution in [0.15, 0.2) is 64.3 Å². The predicted molar refractivity (Wildman–Crippen MR) is 126 cm³/mol. The Labute approximate surface area is 187 Å². The van der Waals surface area contributed by atoms with Crippen molar-refractivity contribution in [2.75, 3.05) is 4.72 Å². The molecule has 6 rings (SSSR count). The summed E-state index contributed by atoms with van der Waals surface area (Å²) in [7, 11) is -3.91. The van der Waals surface area contributed by atoms with E-state index < -0.39 is 10.0 Å². The van der Waals surface area contributed by atoms with Gasteiger partial charge in [-0.25, -0.2) is 18.4 Å². The van der Waals surface area contributed by atoms with E-state index >= 15 is 0 Å². The molecule has 0 unspecified atom stereocenters. The normalized spacial score (nSPS) is 14.1. The van der Waals surface area contributed by atoms with E-state index in [0.29, 0.717) is 21.3 Å². The van der Waals surface area contributed by atoms with Crippen LogP contribution in [0.3, 0.4) is 0 Å². The van der Waals surface area contributed by atoms with E-state index in [-0.39, 0.29) is 21.9 Å². The zero-order chi connectivity index (χ0) is 21.9. The van der Waals surface area contributed by atoms with Gasteiger partial charge in [-0.2, -0.15) is 0 Å². The Hall–Kier alpha value is -3.30. The number of nitrogens with zero attached hydrogens (tertiary/aromatic N) is 3. The van der Waals surface area contributed by atoms with Gasteiger partial charge in [0.25, 0.3) is 15.6 Å². The smallest absolute Gasteiger partial charge is 0.267 e. The summed E-state index contributed by atoms with van der Waals surface area (Å²) in [5, 5.41) is 0.649. The van der Waals surface area contributed by atoms with E-state index in [0.717, 1.165) is 31.2 Å². The lowest BCUT2D eigenvalue weighted by molar-refractivity contribution is 0.601. The number of aryl methyl sites for hydroxylation is 2. The maximum absolute atomic E-state index is 13.7. The van der Waals surface area contributed by atoms with Crippen LogP contribution in [0.4, 0.5) is 5.82 Å². The quantitative estimate of drug-likeness (QED) is 0.407. The highest BCUT2D eigenvalue weighted by atomic mass is 32.2. The Balaban J connectivity index is 1.69. The van der Waals surface area contributed by atoms with Gasteiger partial charge in [-0.1, -0.05) is 30.3 Å². The first kappa shape index (κ1) is 19.4. The highest BCUT2D eigenvalue weighted by molar-refractivity contribution is 7.92. The molecule has 0 spiro atoms. The van der Waals surface area contributed by atoms with Crippen molar-refractivity contribution in [1.29, 1.82) is 0 Å². The van der Waals surface area contributed by atoms with Crippen LogP contribution in [0.5, 0.6) is 0 Å². The third kappa shape index (κ3) is 2.92. The predicted octanol–water partition coefficient (Wildman–Crippen LogP) is 4.14. The number of hydrogen-bond acceptors (Lipinski definition) is 6. The number of rotatable bonds is 3. The molecule has 160 valence electrons. The van der Waals surface area contributed by atoms with Crippen LogP contribution in [0.1, 0.15) is 23.3 Å². The maximum Gasteiger partial charge on any atom is 0.267 e. The molecule has 0 fully saturated rings. The van der Waals surface area contributed by atoms with Gasteiger partial charge in [-0.15, -0.1) is 11.3 Å². The first-order valence-corrected chi connectivity index (χ1v) is 12.7. The van der Waals surface area contributed by atoms with Crippen molar-refractivity contribution in [1.82, 2.24) is 14.4 Å². The molecule has 0 atom stereocenters. The molecule has 5 aromatic rings. The second-order valence-electron chi connectivity index (χ2n) is 7.83. The van der Waals surface area contributed by atoms with Gasteiger partial charge in [0.2, 0.25) is 0 Å². The number of aromatic nitrogens is 3. The van der Waals surface area contributed by atoms with Crippen molar-refractivity contribution >= 4 is 54.1 Å². The first-order chi connectivity index (χ1) is 15.5. The number of sulfonamides is 1. The van der Waals surface area contributed by atoms with Crippen molar-refractivity contribution in [2.24, 2.45) is 0 Å². The van der Waals surface area contributed by atoms with Gasteiger partial charge in [0.05, 0.1) is 21.3 Å². The van der Waals surface area contributed by atoms with Crippen LogP contribution >= 0.6 is 11.3 Å². The van der Waals surface area contributed by atoms with E-state index in [1.165, 1.54) is 32.7 Å². The summed E-state index contributed by atoms with van der Waals surface area (Å²) in [5.41, 5.74) is 2.23. The molecule has 0 amide bonds. The molecule has 32 heavy (non-hydrogen) atoms. The Morgan fingerprint density at radius 2 is 1.69 bits per heavy atom. The van der Waals surface area contributed by atoms with Crippen molar-refractivity contribution in [3.05, 3.63) is 75.4 Å². The van der Waals surface area contributed by atoms with Gasteiger partial charge in [0.1, 0.15) is 4.83 Å². The van der Waals surface area contributed by atoms with E-state index in [2.05, 4.69) is 9.71 Å². The van der Waals surface area contributed by atoms with Crippen LogP contribution in [-0.2, 0) is 22.9 Å². The van der Waals surface area contributed by atoms with Crippen LogP contribution in [0, 0.1) is 0 Å². The Kier molecular flexibility index (Phi) is 4.31. The molecule has 3 aromatic heterocycles. The topological polar surface area (TPSA) is 93.4 Å². The van der Waals surface area contributed by atoms with Gasteiger partial charge in [0, 0.05) is 4.88 Å². The van der Waals surface area contributed by atoms with Gasteiger partial charge in [0.15, 0.2) is 11.5 Å². The fraction of sp³-hybridized carbons (Fsp3) is 0.174. The second kappa shape index (κ2) is 7.11. The molecule has 0 bridgehead atoms. The van der Waals surface area contributed by atoms with E-state index in [4.69, 9.17) is 4.98 Å². The average molecular weight is 463 g/mol. The molecule has 1 aliphatic carbocycles. The highest BCUT2D eigenvalue weighted by Crippen LogP contribution is 2.35. The largest absolute Gasteiger partial charge is 0.268 e. The summed E-state index contributed by atoms with van der Waals surface area (Å²) in [6.45, 7) is 0. The number of hydrogen-bond donors (Lipinski definition) is 1. The molecule has 7 nitrogen and oxygen atoms in total. The van der Waals surface area contributed by atoms with Crippen molar-refractivity contribution in [3.8, 4) is 0 Å².